The van der Waals surface area contributed by atoms with Crippen LogP contribution in [-0.2, 0) is 4.74 Å². The van der Waals surface area contributed by atoms with Crippen LogP contribution in [0.4, 0.5) is 0 Å². The molecule has 0 aromatic carbocycles. The van der Waals surface area contributed by atoms with Crippen molar-refractivity contribution in [2.75, 3.05) is 6.54 Å². The Hall–Kier alpha value is -0.790. The van der Waals surface area contributed by atoms with Crippen molar-refractivity contribution < 1.29 is 4.74 Å². The van der Waals surface area contributed by atoms with Crippen molar-refractivity contribution in [3.8, 4) is 0 Å². The largest absolute Gasteiger partial charge is 0.497 e. The molecule has 0 N–H and O–H groups in total. The molecule has 1 atom stereocenters. The molecule has 9 heavy (non-hydrogen) atoms. The molecule has 0 spiro atoms. The van der Waals surface area contributed by atoms with E-state index in [2.05, 4.69) is 11.6 Å². The lowest BCUT2D eigenvalue weighted by atomic mass is 10.4. The van der Waals surface area contributed by atoms with Gasteiger partial charge in [0.25, 0.3) is 0 Å². The first-order valence-corrected chi connectivity index (χ1v) is 3.02. The van der Waals surface area contributed by atoms with Gasteiger partial charge in [0.1, 0.15) is 6.10 Å². The summed E-state index contributed by atoms with van der Waals surface area (Å²) in [5.74, 6) is 0. The van der Waals surface area contributed by atoms with Gasteiger partial charge < -0.3 is 4.74 Å². The zero-order chi connectivity index (χ0) is 7.11. The van der Waals surface area contributed by atoms with Gasteiger partial charge in [-0.25, -0.2) is 0 Å². The normalized spacial score (nSPS) is 13.6. The molecule has 0 saturated heterocycles. The second kappa shape index (κ2) is 5.35. The highest BCUT2D eigenvalue weighted by Gasteiger charge is 1.94. The van der Waals surface area contributed by atoms with Crippen molar-refractivity contribution in [3.63, 3.8) is 0 Å². The van der Waals surface area contributed by atoms with Crippen LogP contribution in [0.15, 0.2) is 17.8 Å². The number of hydrogen-bond acceptors (Lipinski definition) is 2. The van der Waals surface area contributed by atoms with Crippen molar-refractivity contribution in [2.45, 2.75) is 20.0 Å². The van der Waals surface area contributed by atoms with Crippen LogP contribution < -0.4 is 0 Å². The molecule has 0 fully saturated rings. The van der Waals surface area contributed by atoms with E-state index in [0.717, 1.165) is 0 Å². The predicted molar refractivity (Wildman–Crippen MR) is 39.8 cm³/mol. The van der Waals surface area contributed by atoms with Crippen LogP contribution in [0.3, 0.4) is 0 Å². The molecule has 52 valence electrons. The van der Waals surface area contributed by atoms with E-state index in [1.165, 1.54) is 6.26 Å². The SMILES string of the molecule is C=COC(C)CN=CC. The van der Waals surface area contributed by atoms with E-state index in [4.69, 9.17) is 4.74 Å². The number of hydrogen-bond donors (Lipinski definition) is 0. The standard InChI is InChI=1S/C7H13NO/c1-4-8-6-7(3)9-5-2/h4-5,7H,2,6H2,1,3H3. The van der Waals surface area contributed by atoms with E-state index < -0.39 is 0 Å². The van der Waals surface area contributed by atoms with Gasteiger partial charge in [-0.05, 0) is 20.1 Å². The summed E-state index contributed by atoms with van der Waals surface area (Å²) in [7, 11) is 0. The Bertz CT molecular complexity index is 99.1. The summed E-state index contributed by atoms with van der Waals surface area (Å²) in [5.41, 5.74) is 0. The van der Waals surface area contributed by atoms with Gasteiger partial charge in [0.2, 0.25) is 0 Å². The van der Waals surface area contributed by atoms with Crippen molar-refractivity contribution in [1.29, 1.82) is 0 Å². The highest BCUT2D eigenvalue weighted by molar-refractivity contribution is 5.53. The first-order chi connectivity index (χ1) is 4.31. The third kappa shape index (κ3) is 5.07. The van der Waals surface area contributed by atoms with Crippen LogP contribution in [0.25, 0.3) is 0 Å². The summed E-state index contributed by atoms with van der Waals surface area (Å²) in [6, 6.07) is 0. The Balaban J connectivity index is 3.25. The Kier molecular flexibility index (Phi) is 4.88. The molecule has 0 heterocycles. The number of aliphatic imine (C=N–C) groups is 1. The Morgan fingerprint density at radius 1 is 1.78 bits per heavy atom. The molecule has 0 rings (SSSR count). The van der Waals surface area contributed by atoms with Crippen LogP contribution in [0, 0.1) is 0 Å². The highest BCUT2D eigenvalue weighted by atomic mass is 16.5. The molecule has 0 aliphatic heterocycles. The van der Waals surface area contributed by atoms with E-state index in [0.29, 0.717) is 6.54 Å². The van der Waals surface area contributed by atoms with Crippen LogP contribution in [0.1, 0.15) is 13.8 Å². The van der Waals surface area contributed by atoms with Gasteiger partial charge in [0.05, 0.1) is 12.8 Å². The Morgan fingerprint density at radius 3 is 2.89 bits per heavy atom. The van der Waals surface area contributed by atoms with Crippen LogP contribution in [0.5, 0.6) is 0 Å². The third-order valence-electron chi connectivity index (χ3n) is 0.874. The molecule has 0 radical (unpaired) electrons. The maximum Gasteiger partial charge on any atom is 0.114 e. The van der Waals surface area contributed by atoms with E-state index >= 15 is 0 Å². The molecule has 0 bridgehead atoms. The first-order valence-electron chi connectivity index (χ1n) is 3.02. The van der Waals surface area contributed by atoms with Crippen LogP contribution >= 0.6 is 0 Å². The summed E-state index contributed by atoms with van der Waals surface area (Å²) >= 11 is 0. The fraction of sp³-hybridized carbons (Fsp3) is 0.571. The molecule has 1 unspecified atom stereocenters. The van der Waals surface area contributed by atoms with Gasteiger partial charge in [-0.1, -0.05) is 6.58 Å². The average molecular weight is 127 g/mol. The molecule has 0 saturated carbocycles. The lowest BCUT2D eigenvalue weighted by Gasteiger charge is -2.05. The second-order valence-corrected chi connectivity index (χ2v) is 1.74. The molecular formula is C7H13NO. The molecule has 0 aromatic rings. The monoisotopic (exact) mass is 127 g/mol. The molecule has 0 aliphatic carbocycles. The lowest BCUT2D eigenvalue weighted by Crippen LogP contribution is -2.07. The van der Waals surface area contributed by atoms with E-state index in [1.54, 1.807) is 6.21 Å². The van der Waals surface area contributed by atoms with Gasteiger partial charge in [-0.3, -0.25) is 4.99 Å². The second-order valence-electron chi connectivity index (χ2n) is 1.74. The minimum atomic E-state index is 0.152. The van der Waals surface area contributed by atoms with Crippen LogP contribution in [0.2, 0.25) is 0 Å². The summed E-state index contributed by atoms with van der Waals surface area (Å²) in [4.78, 5) is 3.99. The van der Waals surface area contributed by atoms with Gasteiger partial charge in [-0.15, -0.1) is 0 Å². The van der Waals surface area contributed by atoms with Gasteiger partial charge in [0, 0.05) is 0 Å². The van der Waals surface area contributed by atoms with E-state index in [9.17, 15) is 0 Å². The lowest BCUT2D eigenvalue weighted by molar-refractivity contribution is 0.170. The fourth-order valence-corrected chi connectivity index (χ4v) is 0.461. The fourth-order valence-electron chi connectivity index (χ4n) is 0.461. The summed E-state index contributed by atoms with van der Waals surface area (Å²) < 4.78 is 4.99. The maximum atomic E-state index is 4.99. The topological polar surface area (TPSA) is 21.6 Å². The minimum absolute atomic E-state index is 0.152. The van der Waals surface area contributed by atoms with Crippen LogP contribution in [-0.4, -0.2) is 18.9 Å². The predicted octanol–water partition coefficient (Wildman–Crippen LogP) is 1.63. The van der Waals surface area contributed by atoms with Crippen molar-refractivity contribution >= 4 is 6.21 Å². The zero-order valence-electron chi connectivity index (χ0n) is 6.00. The Labute approximate surface area is 56.2 Å². The van der Waals surface area contributed by atoms with Gasteiger partial charge in [0.15, 0.2) is 0 Å². The smallest absolute Gasteiger partial charge is 0.114 e. The molecular weight excluding hydrogens is 114 g/mol. The van der Waals surface area contributed by atoms with Crippen molar-refractivity contribution in [3.05, 3.63) is 12.8 Å². The molecule has 0 aromatic heterocycles. The highest BCUT2D eigenvalue weighted by Crippen LogP contribution is 1.89. The van der Waals surface area contributed by atoms with Gasteiger partial charge in [-0.2, -0.15) is 0 Å². The Morgan fingerprint density at radius 2 is 2.44 bits per heavy atom. The first kappa shape index (κ1) is 8.21. The van der Waals surface area contributed by atoms with E-state index in [1.807, 2.05) is 13.8 Å². The molecule has 0 aliphatic rings. The molecule has 0 amide bonds. The third-order valence-corrected chi connectivity index (χ3v) is 0.874. The average Bonchev–Trinajstić information content (AvgIpc) is 1.85. The summed E-state index contributed by atoms with van der Waals surface area (Å²) in [6.07, 6.45) is 3.36. The zero-order valence-corrected chi connectivity index (χ0v) is 6.00. The van der Waals surface area contributed by atoms with Crippen molar-refractivity contribution in [1.82, 2.24) is 0 Å². The maximum absolute atomic E-state index is 4.99. The summed E-state index contributed by atoms with van der Waals surface area (Å²) in [5, 5.41) is 0. The molecule has 2 nitrogen and oxygen atoms in total. The summed E-state index contributed by atoms with van der Waals surface area (Å²) in [6.45, 7) is 7.99. The number of ether oxygens (including phenoxy) is 1. The number of rotatable bonds is 4. The molecule has 2 heteroatoms. The van der Waals surface area contributed by atoms with E-state index in [-0.39, 0.29) is 6.10 Å². The van der Waals surface area contributed by atoms with Gasteiger partial charge >= 0.3 is 0 Å². The minimum Gasteiger partial charge on any atom is -0.497 e. The van der Waals surface area contributed by atoms with Crippen molar-refractivity contribution in [2.24, 2.45) is 4.99 Å². The number of nitrogens with zero attached hydrogens (tertiary/aromatic N) is 1. The quantitative estimate of drug-likeness (QED) is 0.415.